The van der Waals surface area contributed by atoms with Gasteiger partial charge in [-0.3, -0.25) is 0 Å². The molecular weight excluding hydrogens is 350 g/mol. The van der Waals surface area contributed by atoms with Crippen LogP contribution in [-0.4, -0.2) is 48.4 Å². The van der Waals surface area contributed by atoms with Gasteiger partial charge in [-0.15, -0.1) is 11.3 Å². The second-order valence-electron chi connectivity index (χ2n) is 5.54. The quantitative estimate of drug-likeness (QED) is 0.810. The number of nitrogens with one attached hydrogen (secondary N) is 1. The van der Waals surface area contributed by atoms with E-state index >= 15 is 0 Å². The molecule has 1 atom stereocenters. The number of aromatic nitrogens is 1. The number of hydrogen-bond donors (Lipinski definition) is 2. The number of carboxylic acids is 1. The zero-order valence-electron chi connectivity index (χ0n) is 12.8. The van der Waals surface area contributed by atoms with Crippen LogP contribution in [0.25, 0.3) is 0 Å². The van der Waals surface area contributed by atoms with Gasteiger partial charge in [-0.2, -0.15) is 4.31 Å². The molecule has 0 aromatic carbocycles. The molecule has 0 radical (unpaired) electrons. The van der Waals surface area contributed by atoms with E-state index in [0.717, 1.165) is 6.42 Å². The molecule has 1 fully saturated rings. The van der Waals surface area contributed by atoms with E-state index in [-0.39, 0.29) is 11.6 Å². The van der Waals surface area contributed by atoms with Crippen molar-refractivity contribution in [3.8, 4) is 0 Å². The second kappa shape index (κ2) is 6.88. The number of thiophene rings is 1. The highest BCUT2D eigenvalue weighted by Crippen LogP contribution is 2.27. The topological polar surface area (TPSA) is 99.6 Å². The molecule has 0 spiro atoms. The Hall–Kier alpha value is -1.97. The summed E-state index contributed by atoms with van der Waals surface area (Å²) < 4.78 is 26.8. The van der Waals surface area contributed by atoms with Crippen LogP contribution in [-0.2, 0) is 10.0 Å². The van der Waals surface area contributed by atoms with Crippen molar-refractivity contribution in [2.24, 2.45) is 5.92 Å². The van der Waals surface area contributed by atoms with Crippen LogP contribution >= 0.6 is 11.3 Å². The average Bonchev–Trinajstić information content (AvgIpc) is 3.25. The van der Waals surface area contributed by atoms with Crippen LogP contribution < -0.4 is 5.32 Å². The van der Waals surface area contributed by atoms with Crippen molar-refractivity contribution in [3.63, 3.8) is 0 Å². The van der Waals surface area contributed by atoms with Gasteiger partial charge in [0, 0.05) is 19.6 Å². The van der Waals surface area contributed by atoms with E-state index in [4.69, 9.17) is 5.11 Å². The maximum absolute atomic E-state index is 12.5. The van der Waals surface area contributed by atoms with Crippen molar-refractivity contribution in [2.45, 2.75) is 10.6 Å². The second-order valence-corrected chi connectivity index (χ2v) is 8.66. The Balaban J connectivity index is 1.59. The maximum Gasteiger partial charge on any atom is 0.354 e. The van der Waals surface area contributed by atoms with Crippen LogP contribution in [0, 0.1) is 5.92 Å². The molecule has 0 saturated carbocycles. The lowest BCUT2D eigenvalue weighted by atomic mass is 10.1. The Labute approximate surface area is 144 Å². The molecule has 1 aliphatic heterocycles. The first kappa shape index (κ1) is 16.9. The first-order valence-electron chi connectivity index (χ1n) is 7.44. The van der Waals surface area contributed by atoms with E-state index < -0.39 is 16.0 Å². The highest BCUT2D eigenvalue weighted by molar-refractivity contribution is 7.91. The van der Waals surface area contributed by atoms with Crippen LogP contribution in [0.3, 0.4) is 0 Å². The molecular formula is C15H17N3O4S2. The van der Waals surface area contributed by atoms with E-state index in [9.17, 15) is 13.2 Å². The fourth-order valence-corrected chi connectivity index (χ4v) is 5.30. The highest BCUT2D eigenvalue weighted by atomic mass is 32.2. The number of rotatable bonds is 6. The first-order valence-corrected chi connectivity index (χ1v) is 9.76. The number of aromatic carboxylic acids is 1. The summed E-state index contributed by atoms with van der Waals surface area (Å²) in [5, 5.41) is 13.8. The fourth-order valence-electron chi connectivity index (χ4n) is 2.62. The summed E-state index contributed by atoms with van der Waals surface area (Å²) in [5.74, 6) is -0.433. The van der Waals surface area contributed by atoms with E-state index in [0.29, 0.717) is 29.7 Å². The molecule has 128 valence electrons. The van der Waals surface area contributed by atoms with Crippen LogP contribution in [0.15, 0.2) is 39.9 Å². The molecule has 24 heavy (non-hydrogen) atoms. The third-order valence-electron chi connectivity index (χ3n) is 3.88. The summed E-state index contributed by atoms with van der Waals surface area (Å²) in [6, 6.07) is 8.10. The number of carboxylic acid groups (broad SMARTS) is 1. The minimum atomic E-state index is -3.40. The minimum Gasteiger partial charge on any atom is -0.477 e. The van der Waals surface area contributed by atoms with Crippen LogP contribution in [0.2, 0.25) is 0 Å². The Morgan fingerprint density at radius 1 is 1.38 bits per heavy atom. The van der Waals surface area contributed by atoms with Crippen molar-refractivity contribution in [1.82, 2.24) is 9.29 Å². The molecule has 7 nitrogen and oxygen atoms in total. The molecule has 2 aromatic heterocycles. The Morgan fingerprint density at radius 3 is 2.92 bits per heavy atom. The molecule has 2 N–H and O–H groups in total. The molecule has 0 aliphatic carbocycles. The normalized spacial score (nSPS) is 18.6. The lowest BCUT2D eigenvalue weighted by molar-refractivity contribution is 0.0690. The van der Waals surface area contributed by atoms with Gasteiger partial charge in [0.2, 0.25) is 0 Å². The molecule has 0 amide bonds. The number of carbonyl (C=O) groups is 1. The Morgan fingerprint density at radius 2 is 2.21 bits per heavy atom. The summed E-state index contributed by atoms with van der Waals surface area (Å²) in [4.78, 5) is 14.9. The largest absolute Gasteiger partial charge is 0.477 e. The van der Waals surface area contributed by atoms with Crippen LogP contribution in [0.4, 0.5) is 5.82 Å². The molecule has 2 aromatic rings. The van der Waals surface area contributed by atoms with Gasteiger partial charge in [0.15, 0.2) is 5.69 Å². The van der Waals surface area contributed by atoms with Gasteiger partial charge in [0.25, 0.3) is 10.0 Å². The standard InChI is InChI=1S/C15H17N3O4S2/c19-15(20)12-3-1-4-13(17-12)16-9-11-6-7-18(10-11)24(21,22)14-5-2-8-23-14/h1-5,8,11H,6-7,9-10H2,(H,16,17)(H,19,20). The Kier molecular flexibility index (Phi) is 4.83. The van der Waals surface area contributed by atoms with E-state index in [2.05, 4.69) is 10.3 Å². The van der Waals surface area contributed by atoms with Crippen molar-refractivity contribution >= 4 is 33.1 Å². The molecule has 1 saturated heterocycles. The van der Waals surface area contributed by atoms with E-state index in [1.165, 1.54) is 21.7 Å². The molecule has 0 bridgehead atoms. The van der Waals surface area contributed by atoms with Gasteiger partial charge >= 0.3 is 5.97 Å². The van der Waals surface area contributed by atoms with Gasteiger partial charge in [0.05, 0.1) is 0 Å². The van der Waals surface area contributed by atoms with Gasteiger partial charge in [-0.1, -0.05) is 12.1 Å². The third kappa shape index (κ3) is 3.58. The lowest BCUT2D eigenvalue weighted by Crippen LogP contribution is -2.29. The zero-order valence-corrected chi connectivity index (χ0v) is 14.4. The number of nitrogens with zero attached hydrogens (tertiary/aromatic N) is 2. The van der Waals surface area contributed by atoms with Crippen molar-refractivity contribution in [1.29, 1.82) is 0 Å². The van der Waals surface area contributed by atoms with Crippen molar-refractivity contribution in [2.75, 3.05) is 25.0 Å². The number of pyridine rings is 1. The van der Waals surface area contributed by atoms with Gasteiger partial charge < -0.3 is 10.4 Å². The van der Waals surface area contributed by atoms with E-state index in [1.807, 2.05) is 0 Å². The Bertz CT molecular complexity index is 821. The fraction of sp³-hybridized carbons (Fsp3) is 0.333. The minimum absolute atomic E-state index is 0.0201. The summed E-state index contributed by atoms with van der Waals surface area (Å²) in [6.07, 6.45) is 0.760. The lowest BCUT2D eigenvalue weighted by Gasteiger charge is -2.16. The summed E-state index contributed by atoms with van der Waals surface area (Å²) in [5.41, 5.74) is -0.0201. The monoisotopic (exact) mass is 367 g/mol. The van der Waals surface area contributed by atoms with Crippen LogP contribution in [0.1, 0.15) is 16.9 Å². The van der Waals surface area contributed by atoms with Crippen molar-refractivity contribution in [3.05, 3.63) is 41.4 Å². The average molecular weight is 367 g/mol. The molecule has 3 rings (SSSR count). The first-order chi connectivity index (χ1) is 11.5. The summed E-state index contributed by atoms with van der Waals surface area (Å²) in [7, 11) is -3.40. The van der Waals surface area contributed by atoms with Crippen molar-refractivity contribution < 1.29 is 18.3 Å². The van der Waals surface area contributed by atoms with Gasteiger partial charge in [-0.05, 0) is 35.9 Å². The number of anilines is 1. The van der Waals surface area contributed by atoms with Gasteiger partial charge in [0.1, 0.15) is 10.0 Å². The molecule has 1 aliphatic rings. The van der Waals surface area contributed by atoms with Gasteiger partial charge in [-0.25, -0.2) is 18.2 Å². The summed E-state index contributed by atoms with van der Waals surface area (Å²) >= 11 is 1.22. The number of hydrogen-bond acceptors (Lipinski definition) is 6. The summed E-state index contributed by atoms with van der Waals surface area (Å²) in [6.45, 7) is 1.49. The number of sulfonamides is 1. The zero-order chi connectivity index (χ0) is 17.2. The maximum atomic E-state index is 12.5. The van der Waals surface area contributed by atoms with E-state index in [1.54, 1.807) is 29.6 Å². The molecule has 1 unspecified atom stereocenters. The predicted octanol–water partition coefficient (Wildman–Crippen LogP) is 1.96. The molecule has 9 heteroatoms. The molecule has 3 heterocycles. The van der Waals surface area contributed by atoms with Crippen LogP contribution in [0.5, 0.6) is 0 Å². The third-order valence-corrected chi connectivity index (χ3v) is 7.12. The smallest absolute Gasteiger partial charge is 0.354 e. The predicted molar refractivity (Wildman–Crippen MR) is 90.9 cm³/mol. The highest BCUT2D eigenvalue weighted by Gasteiger charge is 2.32. The SMILES string of the molecule is O=C(O)c1cccc(NCC2CCN(S(=O)(=O)c3cccs3)C2)n1.